The Morgan fingerprint density at radius 3 is 1.72 bits per heavy atom. The topological polar surface area (TPSA) is 44.8 Å². The van der Waals surface area contributed by atoms with E-state index in [2.05, 4.69) is 39.8 Å². The SMILES string of the molecule is CCCCCOc1ccc(CC)cc1C=CC(=O)c1c(OCCCCC)cccc1OCCCCC. The van der Waals surface area contributed by atoms with E-state index in [1.807, 2.05) is 30.3 Å². The lowest BCUT2D eigenvalue weighted by Crippen LogP contribution is -2.08. The minimum Gasteiger partial charge on any atom is -0.493 e. The highest BCUT2D eigenvalue weighted by molar-refractivity contribution is 6.10. The monoisotopic (exact) mass is 494 g/mol. The van der Waals surface area contributed by atoms with Gasteiger partial charge in [-0.05, 0) is 67.7 Å². The maximum atomic E-state index is 13.5. The van der Waals surface area contributed by atoms with Crippen molar-refractivity contribution in [3.05, 3.63) is 59.2 Å². The summed E-state index contributed by atoms with van der Waals surface area (Å²) in [5, 5.41) is 0. The highest BCUT2D eigenvalue weighted by atomic mass is 16.5. The number of hydrogen-bond acceptors (Lipinski definition) is 4. The number of aryl methyl sites for hydroxylation is 1. The highest BCUT2D eigenvalue weighted by Gasteiger charge is 2.17. The Balaban J connectivity index is 2.28. The van der Waals surface area contributed by atoms with Crippen LogP contribution < -0.4 is 14.2 Å². The molecule has 0 aliphatic heterocycles. The van der Waals surface area contributed by atoms with Crippen LogP contribution in [0.4, 0.5) is 0 Å². The molecule has 0 bridgehead atoms. The second-order valence-corrected chi connectivity index (χ2v) is 9.22. The molecule has 2 aromatic rings. The van der Waals surface area contributed by atoms with E-state index in [1.54, 1.807) is 6.08 Å². The second kappa shape index (κ2) is 17.6. The van der Waals surface area contributed by atoms with Gasteiger partial charge in [0.15, 0.2) is 5.78 Å². The first-order chi connectivity index (χ1) is 17.6. The fraction of sp³-hybridized carbons (Fsp3) is 0.531. The third kappa shape index (κ3) is 10.1. The number of carbonyl (C=O) groups is 1. The summed E-state index contributed by atoms with van der Waals surface area (Å²) >= 11 is 0. The minimum atomic E-state index is -0.120. The summed E-state index contributed by atoms with van der Waals surface area (Å²) in [6.45, 7) is 10.5. The van der Waals surface area contributed by atoms with Gasteiger partial charge in [-0.15, -0.1) is 0 Å². The Kier molecular flexibility index (Phi) is 14.4. The molecular formula is C32H46O4. The van der Waals surface area contributed by atoms with Gasteiger partial charge in [0.05, 0.1) is 19.8 Å². The van der Waals surface area contributed by atoms with Crippen molar-refractivity contribution in [3.8, 4) is 17.2 Å². The van der Waals surface area contributed by atoms with Crippen LogP contribution >= 0.6 is 0 Å². The van der Waals surface area contributed by atoms with Crippen LogP contribution in [0.15, 0.2) is 42.5 Å². The Hall–Kier alpha value is -2.75. The Labute approximate surface area is 219 Å². The third-order valence-electron chi connectivity index (χ3n) is 6.15. The van der Waals surface area contributed by atoms with Gasteiger partial charge in [-0.2, -0.15) is 0 Å². The molecule has 0 fully saturated rings. The zero-order chi connectivity index (χ0) is 26.0. The quantitative estimate of drug-likeness (QED) is 0.111. The van der Waals surface area contributed by atoms with Crippen molar-refractivity contribution < 1.29 is 19.0 Å². The summed E-state index contributed by atoms with van der Waals surface area (Å²) in [6.07, 6.45) is 14.1. The summed E-state index contributed by atoms with van der Waals surface area (Å²) in [4.78, 5) is 13.5. The van der Waals surface area contributed by atoms with Gasteiger partial charge in [0.25, 0.3) is 0 Å². The van der Waals surface area contributed by atoms with Crippen molar-refractivity contribution in [2.24, 2.45) is 0 Å². The van der Waals surface area contributed by atoms with Crippen LogP contribution in [0.5, 0.6) is 17.2 Å². The van der Waals surface area contributed by atoms with Crippen LogP contribution in [0.1, 0.15) is 107 Å². The molecular weight excluding hydrogens is 448 g/mol. The summed E-state index contributed by atoms with van der Waals surface area (Å²) in [6, 6.07) is 11.8. The van der Waals surface area contributed by atoms with E-state index < -0.39 is 0 Å². The Morgan fingerprint density at radius 2 is 1.22 bits per heavy atom. The third-order valence-corrected chi connectivity index (χ3v) is 6.15. The lowest BCUT2D eigenvalue weighted by molar-refractivity contribution is 0.103. The van der Waals surface area contributed by atoms with Crippen molar-refractivity contribution >= 4 is 11.9 Å². The van der Waals surface area contributed by atoms with E-state index in [0.29, 0.717) is 36.9 Å². The van der Waals surface area contributed by atoms with E-state index >= 15 is 0 Å². The molecule has 0 aliphatic carbocycles. The van der Waals surface area contributed by atoms with E-state index in [-0.39, 0.29) is 5.78 Å². The van der Waals surface area contributed by atoms with Crippen LogP contribution in [0.2, 0.25) is 0 Å². The fourth-order valence-electron chi connectivity index (χ4n) is 3.93. The van der Waals surface area contributed by atoms with Crippen LogP contribution in [0.25, 0.3) is 6.08 Å². The molecule has 0 saturated carbocycles. The first-order valence-electron chi connectivity index (χ1n) is 14.0. The van der Waals surface area contributed by atoms with Crippen molar-refractivity contribution in [2.45, 2.75) is 91.9 Å². The summed E-state index contributed by atoms with van der Waals surface area (Å²) in [5.41, 5.74) is 2.63. The van der Waals surface area contributed by atoms with Crippen LogP contribution in [-0.4, -0.2) is 25.6 Å². The molecule has 198 valence electrons. The number of unbranched alkanes of at least 4 members (excludes halogenated alkanes) is 6. The molecule has 0 aromatic heterocycles. The van der Waals surface area contributed by atoms with Crippen molar-refractivity contribution in [1.29, 1.82) is 0 Å². The molecule has 0 atom stereocenters. The molecule has 0 N–H and O–H groups in total. The predicted octanol–water partition coefficient (Wildman–Crippen LogP) is 8.85. The minimum absolute atomic E-state index is 0.120. The number of carbonyl (C=O) groups excluding carboxylic acids is 1. The average molecular weight is 495 g/mol. The first kappa shape index (κ1) is 29.5. The largest absolute Gasteiger partial charge is 0.493 e. The summed E-state index contributed by atoms with van der Waals surface area (Å²) in [7, 11) is 0. The predicted molar refractivity (Wildman–Crippen MR) is 151 cm³/mol. The van der Waals surface area contributed by atoms with E-state index in [9.17, 15) is 4.79 Å². The Bertz CT molecular complexity index is 901. The standard InChI is InChI=1S/C32H46O4/c1-5-9-12-22-34-29-21-18-26(8-4)25-27(29)19-20-28(33)32-30(35-23-13-10-6-2)16-15-17-31(32)36-24-14-11-7-3/h15-21,25H,5-14,22-24H2,1-4H3. The molecule has 0 heterocycles. The van der Waals surface area contributed by atoms with Crippen LogP contribution in [-0.2, 0) is 6.42 Å². The molecule has 0 unspecified atom stereocenters. The first-order valence-corrected chi connectivity index (χ1v) is 14.0. The van der Waals surface area contributed by atoms with E-state index in [0.717, 1.165) is 75.5 Å². The number of ketones is 1. The van der Waals surface area contributed by atoms with Gasteiger partial charge in [-0.1, -0.05) is 78.4 Å². The van der Waals surface area contributed by atoms with Crippen LogP contribution in [0.3, 0.4) is 0 Å². The zero-order valence-corrected chi connectivity index (χ0v) is 22.9. The molecule has 0 aliphatic rings. The molecule has 2 aromatic carbocycles. The fourth-order valence-corrected chi connectivity index (χ4v) is 3.93. The zero-order valence-electron chi connectivity index (χ0n) is 22.9. The van der Waals surface area contributed by atoms with Gasteiger partial charge in [0.2, 0.25) is 0 Å². The maximum absolute atomic E-state index is 13.5. The molecule has 0 radical (unpaired) electrons. The lowest BCUT2D eigenvalue weighted by atomic mass is 10.0. The van der Waals surface area contributed by atoms with Gasteiger partial charge in [-0.3, -0.25) is 4.79 Å². The molecule has 4 nitrogen and oxygen atoms in total. The summed E-state index contributed by atoms with van der Waals surface area (Å²) in [5.74, 6) is 1.87. The maximum Gasteiger partial charge on any atom is 0.193 e. The second-order valence-electron chi connectivity index (χ2n) is 9.22. The lowest BCUT2D eigenvalue weighted by Gasteiger charge is -2.15. The number of ether oxygens (including phenoxy) is 3. The Morgan fingerprint density at radius 1 is 0.694 bits per heavy atom. The molecule has 0 saturated heterocycles. The van der Waals surface area contributed by atoms with E-state index in [1.165, 1.54) is 5.56 Å². The smallest absolute Gasteiger partial charge is 0.193 e. The molecule has 4 heteroatoms. The number of rotatable bonds is 19. The molecule has 36 heavy (non-hydrogen) atoms. The average Bonchev–Trinajstić information content (AvgIpc) is 2.90. The van der Waals surface area contributed by atoms with Crippen LogP contribution in [0, 0.1) is 0 Å². The molecule has 0 amide bonds. The van der Waals surface area contributed by atoms with Crippen molar-refractivity contribution in [3.63, 3.8) is 0 Å². The van der Waals surface area contributed by atoms with Gasteiger partial charge >= 0.3 is 0 Å². The van der Waals surface area contributed by atoms with Gasteiger partial charge in [0, 0.05) is 5.56 Å². The molecule has 2 rings (SSSR count). The normalized spacial score (nSPS) is 11.1. The number of allylic oxidation sites excluding steroid dienone is 1. The van der Waals surface area contributed by atoms with Gasteiger partial charge < -0.3 is 14.2 Å². The number of hydrogen-bond donors (Lipinski definition) is 0. The highest BCUT2D eigenvalue weighted by Crippen LogP contribution is 2.31. The summed E-state index contributed by atoms with van der Waals surface area (Å²) < 4.78 is 18.2. The van der Waals surface area contributed by atoms with Crippen molar-refractivity contribution in [2.75, 3.05) is 19.8 Å². The van der Waals surface area contributed by atoms with Gasteiger partial charge in [-0.25, -0.2) is 0 Å². The molecule has 0 spiro atoms. The van der Waals surface area contributed by atoms with E-state index in [4.69, 9.17) is 14.2 Å². The van der Waals surface area contributed by atoms with Crippen molar-refractivity contribution in [1.82, 2.24) is 0 Å². The number of benzene rings is 2. The van der Waals surface area contributed by atoms with Gasteiger partial charge in [0.1, 0.15) is 22.8 Å².